The van der Waals surface area contributed by atoms with Crippen molar-refractivity contribution in [1.29, 1.82) is 0 Å². The minimum atomic E-state index is -3.24. The number of oxazole rings is 1. The van der Waals surface area contributed by atoms with E-state index in [-0.39, 0.29) is 5.75 Å². The third-order valence-electron chi connectivity index (χ3n) is 5.55. The molecule has 1 fully saturated rings. The molecule has 1 aromatic heterocycles. The van der Waals surface area contributed by atoms with Crippen molar-refractivity contribution in [3.8, 4) is 0 Å². The molecule has 0 unspecified atom stereocenters. The normalized spacial score (nSPS) is 20.4. The molecule has 0 atom stereocenters. The Bertz CT molecular complexity index is 1090. The second-order valence-corrected chi connectivity index (χ2v) is 9.51. The van der Waals surface area contributed by atoms with Gasteiger partial charge >= 0.3 is 5.76 Å². The Morgan fingerprint density at radius 1 is 1.04 bits per heavy atom. The minimum absolute atomic E-state index is 0.111. The molecule has 1 heterocycles. The first-order valence-electron chi connectivity index (χ1n) is 9.65. The molecule has 0 spiro atoms. The molecular weight excluding hydrogens is 376 g/mol. The number of hydrogen-bond donors (Lipinski definition) is 2. The predicted octanol–water partition coefficient (Wildman–Crippen LogP) is 3.21. The van der Waals surface area contributed by atoms with Crippen molar-refractivity contribution in [2.45, 2.75) is 42.5 Å². The summed E-state index contributed by atoms with van der Waals surface area (Å²) in [6, 6.07) is 14.8. The summed E-state index contributed by atoms with van der Waals surface area (Å²) in [6.45, 7) is 0.465. The Kier molecular flexibility index (Phi) is 5.37. The maximum absolute atomic E-state index is 12.3. The molecule has 3 aromatic rings. The smallest absolute Gasteiger partial charge is 0.408 e. The van der Waals surface area contributed by atoms with Crippen LogP contribution in [0.2, 0.25) is 0 Å². The maximum atomic E-state index is 12.3. The van der Waals surface area contributed by atoms with Crippen molar-refractivity contribution in [3.05, 3.63) is 64.6 Å². The summed E-state index contributed by atoms with van der Waals surface area (Å²) >= 11 is 0. The van der Waals surface area contributed by atoms with Gasteiger partial charge in [-0.2, -0.15) is 0 Å². The number of nitrogens with one attached hydrogen (secondary N) is 2. The fourth-order valence-corrected chi connectivity index (χ4v) is 5.18. The number of aromatic amines is 1. The van der Waals surface area contributed by atoms with Gasteiger partial charge in [0.15, 0.2) is 15.4 Å². The van der Waals surface area contributed by atoms with E-state index in [2.05, 4.69) is 16.4 Å². The molecule has 1 aliphatic carbocycles. The first-order valence-corrected chi connectivity index (χ1v) is 11.3. The highest BCUT2D eigenvalue weighted by Crippen LogP contribution is 2.33. The van der Waals surface area contributed by atoms with E-state index in [4.69, 9.17) is 4.42 Å². The molecule has 0 bridgehead atoms. The van der Waals surface area contributed by atoms with Crippen LogP contribution in [0.3, 0.4) is 0 Å². The van der Waals surface area contributed by atoms with Crippen molar-refractivity contribution >= 4 is 20.9 Å². The second kappa shape index (κ2) is 7.93. The lowest BCUT2D eigenvalue weighted by Gasteiger charge is -2.29. The van der Waals surface area contributed by atoms with Gasteiger partial charge in [0.05, 0.1) is 16.2 Å². The Morgan fingerprint density at radius 2 is 1.79 bits per heavy atom. The summed E-state index contributed by atoms with van der Waals surface area (Å²) in [5.74, 6) is 0.126. The quantitative estimate of drug-likeness (QED) is 0.663. The molecule has 6 nitrogen and oxygen atoms in total. The van der Waals surface area contributed by atoms with Crippen LogP contribution >= 0.6 is 0 Å². The van der Waals surface area contributed by atoms with E-state index in [1.807, 2.05) is 18.2 Å². The molecule has 0 aliphatic heterocycles. The number of aromatic nitrogens is 1. The van der Waals surface area contributed by atoms with E-state index in [0.717, 1.165) is 31.2 Å². The fourth-order valence-electron chi connectivity index (χ4n) is 3.99. The first kappa shape index (κ1) is 19.0. The molecule has 148 valence electrons. The van der Waals surface area contributed by atoms with E-state index in [9.17, 15) is 13.2 Å². The Hall–Kier alpha value is -2.38. The first-order chi connectivity index (χ1) is 13.5. The summed E-state index contributed by atoms with van der Waals surface area (Å²) in [5.41, 5.74) is 2.53. The molecule has 7 heteroatoms. The van der Waals surface area contributed by atoms with Crippen LogP contribution in [0.25, 0.3) is 11.1 Å². The molecule has 0 saturated heterocycles. The lowest BCUT2D eigenvalue weighted by molar-refractivity contribution is 0.348. The Balaban J connectivity index is 1.29. The fraction of sp³-hybridized carbons (Fsp3) is 0.381. The van der Waals surface area contributed by atoms with Crippen LogP contribution in [0.1, 0.15) is 37.2 Å². The number of sulfone groups is 1. The highest BCUT2D eigenvalue weighted by atomic mass is 32.2. The van der Waals surface area contributed by atoms with Crippen molar-refractivity contribution in [1.82, 2.24) is 10.3 Å². The summed E-state index contributed by atoms with van der Waals surface area (Å²) in [4.78, 5) is 14.4. The summed E-state index contributed by atoms with van der Waals surface area (Å²) < 4.78 is 29.9. The van der Waals surface area contributed by atoms with E-state index < -0.39 is 15.6 Å². The molecule has 1 aliphatic rings. The van der Waals surface area contributed by atoms with Crippen LogP contribution in [-0.4, -0.2) is 31.7 Å². The topological polar surface area (TPSA) is 92.2 Å². The number of hydrogen-bond acceptors (Lipinski definition) is 5. The van der Waals surface area contributed by atoms with Crippen LogP contribution in [0.4, 0.5) is 0 Å². The van der Waals surface area contributed by atoms with Gasteiger partial charge in [-0.05, 0) is 61.4 Å². The highest BCUT2D eigenvalue weighted by Gasteiger charge is 2.23. The third kappa shape index (κ3) is 4.20. The van der Waals surface area contributed by atoms with E-state index >= 15 is 0 Å². The molecule has 4 rings (SSSR count). The average Bonchev–Trinajstić information content (AvgIpc) is 3.08. The third-order valence-corrected chi connectivity index (χ3v) is 7.28. The maximum Gasteiger partial charge on any atom is 0.417 e. The molecule has 0 radical (unpaired) electrons. The van der Waals surface area contributed by atoms with Gasteiger partial charge < -0.3 is 9.73 Å². The van der Waals surface area contributed by atoms with Crippen molar-refractivity contribution in [3.63, 3.8) is 0 Å². The largest absolute Gasteiger partial charge is 0.417 e. The summed E-state index contributed by atoms with van der Waals surface area (Å²) in [6.07, 6.45) is 4.07. The van der Waals surface area contributed by atoms with Crippen LogP contribution in [0.15, 0.2) is 62.6 Å². The van der Waals surface area contributed by atoms with Crippen LogP contribution in [0, 0.1) is 0 Å². The van der Waals surface area contributed by atoms with Gasteiger partial charge in [0.1, 0.15) is 0 Å². The number of H-pyrrole nitrogens is 1. The molecule has 28 heavy (non-hydrogen) atoms. The van der Waals surface area contributed by atoms with Crippen molar-refractivity contribution in [2.24, 2.45) is 0 Å². The lowest BCUT2D eigenvalue weighted by Crippen LogP contribution is -2.35. The zero-order valence-corrected chi connectivity index (χ0v) is 16.4. The van der Waals surface area contributed by atoms with Crippen molar-refractivity contribution < 1.29 is 12.8 Å². The zero-order chi connectivity index (χ0) is 19.6. The van der Waals surface area contributed by atoms with Crippen molar-refractivity contribution in [2.75, 3.05) is 12.3 Å². The van der Waals surface area contributed by atoms with Gasteiger partial charge in [-0.25, -0.2) is 13.2 Å². The monoisotopic (exact) mass is 400 g/mol. The molecule has 2 aromatic carbocycles. The predicted molar refractivity (Wildman–Crippen MR) is 108 cm³/mol. The lowest BCUT2D eigenvalue weighted by atomic mass is 9.81. The Morgan fingerprint density at radius 3 is 2.54 bits per heavy atom. The van der Waals surface area contributed by atoms with Crippen LogP contribution in [-0.2, 0) is 9.84 Å². The number of fused-ring (bicyclic) bond motifs is 1. The minimum Gasteiger partial charge on any atom is -0.408 e. The van der Waals surface area contributed by atoms with Gasteiger partial charge in [0.25, 0.3) is 0 Å². The van der Waals surface area contributed by atoms with Gasteiger partial charge in [-0.1, -0.05) is 24.3 Å². The SMILES string of the molecule is O=c1[nH]c2ccc(C3CCC(NCCS(=O)(=O)c4ccccc4)CC3)cc2o1. The van der Waals surface area contributed by atoms with Gasteiger partial charge in [-0.3, -0.25) is 4.98 Å². The highest BCUT2D eigenvalue weighted by molar-refractivity contribution is 7.91. The molecule has 0 amide bonds. The summed E-state index contributed by atoms with van der Waals surface area (Å²) in [5, 5.41) is 3.41. The second-order valence-electron chi connectivity index (χ2n) is 7.40. The molecular formula is C21H24N2O4S. The number of rotatable bonds is 6. The van der Waals surface area contributed by atoms with Crippen LogP contribution < -0.4 is 11.1 Å². The number of benzene rings is 2. The van der Waals surface area contributed by atoms with Gasteiger partial charge in [0.2, 0.25) is 0 Å². The molecule has 1 saturated carbocycles. The van der Waals surface area contributed by atoms with Crippen LogP contribution in [0.5, 0.6) is 0 Å². The van der Waals surface area contributed by atoms with E-state index in [1.54, 1.807) is 24.3 Å². The summed E-state index contributed by atoms with van der Waals surface area (Å²) in [7, 11) is -3.24. The standard InChI is InChI=1S/C21H24N2O4S/c24-21-23-19-11-8-16(14-20(19)27-21)15-6-9-17(10-7-15)22-12-13-28(25,26)18-4-2-1-3-5-18/h1-5,8,11,14-15,17,22H,6-7,9-10,12-13H2,(H,23,24). The zero-order valence-electron chi connectivity index (χ0n) is 15.6. The molecule has 2 N–H and O–H groups in total. The van der Waals surface area contributed by atoms with E-state index in [0.29, 0.717) is 29.0 Å². The van der Waals surface area contributed by atoms with Gasteiger partial charge in [-0.15, -0.1) is 0 Å². The Labute approximate surface area is 163 Å². The van der Waals surface area contributed by atoms with Gasteiger partial charge in [0, 0.05) is 12.6 Å². The van der Waals surface area contributed by atoms with E-state index in [1.165, 1.54) is 5.56 Å². The average molecular weight is 401 g/mol.